The van der Waals surface area contributed by atoms with Crippen molar-refractivity contribution in [1.82, 2.24) is 9.80 Å². The summed E-state index contributed by atoms with van der Waals surface area (Å²) in [4.78, 5) is 20.1. The molecule has 1 fully saturated rings. The number of hydrogen-bond donors (Lipinski definition) is 1. The minimum absolute atomic E-state index is 0.0570. The van der Waals surface area contributed by atoms with Crippen LogP contribution in [0.3, 0.4) is 0 Å². The molecule has 0 unspecified atom stereocenters. The lowest BCUT2D eigenvalue weighted by Crippen LogP contribution is -2.51. The van der Waals surface area contributed by atoms with Gasteiger partial charge in [0.05, 0.1) is 5.70 Å². The van der Waals surface area contributed by atoms with E-state index >= 15 is 0 Å². The summed E-state index contributed by atoms with van der Waals surface area (Å²) in [7, 11) is 0. The quantitative estimate of drug-likeness (QED) is 0.406. The molecule has 0 aromatic heterocycles. The number of benzene rings is 1. The highest BCUT2D eigenvalue weighted by Gasteiger charge is 2.26. The van der Waals surface area contributed by atoms with Crippen molar-refractivity contribution in [2.75, 3.05) is 38.2 Å². The maximum absolute atomic E-state index is 13.4. The molecule has 0 aliphatic carbocycles. The molecule has 1 amide bonds. The van der Waals surface area contributed by atoms with Crippen LogP contribution in [0.15, 0.2) is 66.0 Å². The summed E-state index contributed by atoms with van der Waals surface area (Å²) in [6, 6.07) is 5.84. The van der Waals surface area contributed by atoms with Crippen LogP contribution >= 0.6 is 0 Å². The van der Waals surface area contributed by atoms with E-state index in [2.05, 4.69) is 23.5 Å². The number of hydrogen-bond acceptors (Lipinski definition) is 3. The SMILES string of the molecule is C=C(CF)C(=O)N1CCN(/C(=N/C=C\C)C(=C)Nc2ccc(C(C)(F)F)cc2)CC1. The summed E-state index contributed by atoms with van der Waals surface area (Å²) in [6.07, 6.45) is 3.40. The Morgan fingerprint density at radius 3 is 2.23 bits per heavy atom. The second-order valence-corrected chi connectivity index (χ2v) is 7.02. The average Bonchev–Trinajstić information content (AvgIpc) is 2.73. The third-order valence-electron chi connectivity index (χ3n) is 4.63. The summed E-state index contributed by atoms with van der Waals surface area (Å²) in [5, 5.41) is 3.10. The molecule has 1 aliphatic rings. The van der Waals surface area contributed by atoms with Gasteiger partial charge < -0.3 is 15.1 Å². The number of carbonyl (C=O) groups is 1. The van der Waals surface area contributed by atoms with Crippen LogP contribution in [0.5, 0.6) is 0 Å². The molecule has 1 aromatic carbocycles. The molecule has 2 rings (SSSR count). The van der Waals surface area contributed by atoms with Crippen molar-refractivity contribution in [2.24, 2.45) is 4.99 Å². The summed E-state index contributed by atoms with van der Waals surface area (Å²) >= 11 is 0. The van der Waals surface area contributed by atoms with Crippen LogP contribution in [0.4, 0.5) is 18.9 Å². The van der Waals surface area contributed by atoms with Crippen LogP contribution in [-0.4, -0.2) is 54.4 Å². The Labute approximate surface area is 175 Å². The van der Waals surface area contributed by atoms with Crippen LogP contribution in [0, 0.1) is 0 Å². The summed E-state index contributed by atoms with van der Waals surface area (Å²) in [6.45, 7) is 11.1. The van der Waals surface area contributed by atoms with E-state index in [9.17, 15) is 18.0 Å². The van der Waals surface area contributed by atoms with Crippen molar-refractivity contribution >= 4 is 17.4 Å². The molecule has 0 bridgehead atoms. The molecule has 1 N–H and O–H groups in total. The third kappa shape index (κ3) is 5.98. The van der Waals surface area contributed by atoms with E-state index in [4.69, 9.17) is 0 Å². The first-order valence-electron chi connectivity index (χ1n) is 9.59. The number of piperazine rings is 1. The number of halogens is 3. The van der Waals surface area contributed by atoms with Crippen molar-refractivity contribution < 1.29 is 18.0 Å². The number of amidine groups is 1. The van der Waals surface area contributed by atoms with Gasteiger partial charge in [-0.2, -0.15) is 0 Å². The molecule has 8 heteroatoms. The van der Waals surface area contributed by atoms with E-state index in [1.54, 1.807) is 29.3 Å². The van der Waals surface area contributed by atoms with Crippen molar-refractivity contribution in [2.45, 2.75) is 19.8 Å². The Kier molecular flexibility index (Phi) is 7.86. The highest BCUT2D eigenvalue weighted by atomic mass is 19.3. The smallest absolute Gasteiger partial charge is 0.270 e. The van der Waals surface area contributed by atoms with Gasteiger partial charge in [-0.1, -0.05) is 31.4 Å². The number of amides is 1. The lowest BCUT2D eigenvalue weighted by atomic mass is 10.1. The van der Waals surface area contributed by atoms with Crippen LogP contribution in [0.2, 0.25) is 0 Å². The van der Waals surface area contributed by atoms with E-state index in [0.717, 1.165) is 6.92 Å². The van der Waals surface area contributed by atoms with Crippen molar-refractivity contribution in [3.05, 3.63) is 66.5 Å². The van der Waals surface area contributed by atoms with Crippen molar-refractivity contribution in [1.29, 1.82) is 0 Å². The highest BCUT2D eigenvalue weighted by Crippen LogP contribution is 2.28. The number of aliphatic imine (C=N–C) groups is 1. The van der Waals surface area contributed by atoms with Gasteiger partial charge in [0, 0.05) is 56.1 Å². The fraction of sp³-hybridized carbons (Fsp3) is 0.364. The van der Waals surface area contributed by atoms with Crippen LogP contribution in [0.1, 0.15) is 19.4 Å². The van der Waals surface area contributed by atoms with E-state index in [1.807, 2.05) is 11.8 Å². The van der Waals surface area contributed by atoms with Gasteiger partial charge in [-0.25, -0.2) is 18.2 Å². The normalized spacial score (nSPS) is 15.4. The Hall–Kier alpha value is -3.03. The van der Waals surface area contributed by atoms with Crippen LogP contribution < -0.4 is 5.32 Å². The van der Waals surface area contributed by atoms with E-state index in [-0.39, 0.29) is 17.0 Å². The Morgan fingerprint density at radius 2 is 1.73 bits per heavy atom. The zero-order valence-corrected chi connectivity index (χ0v) is 17.3. The van der Waals surface area contributed by atoms with E-state index in [0.29, 0.717) is 43.4 Å². The fourth-order valence-corrected chi connectivity index (χ4v) is 2.97. The average molecular weight is 420 g/mol. The van der Waals surface area contributed by atoms with Gasteiger partial charge >= 0.3 is 0 Å². The Morgan fingerprint density at radius 1 is 1.17 bits per heavy atom. The summed E-state index contributed by atoms with van der Waals surface area (Å²) < 4.78 is 39.5. The van der Waals surface area contributed by atoms with Crippen LogP contribution in [0.25, 0.3) is 0 Å². The zero-order valence-electron chi connectivity index (χ0n) is 17.3. The first-order valence-corrected chi connectivity index (χ1v) is 9.59. The minimum atomic E-state index is -2.90. The number of nitrogens with one attached hydrogen (secondary N) is 1. The molecule has 162 valence electrons. The number of carbonyl (C=O) groups excluding carboxylic acids is 1. The predicted octanol–water partition coefficient (Wildman–Crippen LogP) is 4.33. The number of anilines is 1. The Bertz CT molecular complexity index is 833. The molecular formula is C22H27F3N4O. The molecule has 5 nitrogen and oxygen atoms in total. The molecule has 30 heavy (non-hydrogen) atoms. The second kappa shape index (κ2) is 10.1. The fourth-order valence-electron chi connectivity index (χ4n) is 2.97. The highest BCUT2D eigenvalue weighted by molar-refractivity contribution is 6.01. The lowest BCUT2D eigenvalue weighted by molar-refractivity contribution is -0.128. The molecule has 0 atom stereocenters. The maximum Gasteiger partial charge on any atom is 0.270 e. The molecule has 1 aliphatic heterocycles. The van der Waals surface area contributed by atoms with Gasteiger partial charge in [0.25, 0.3) is 11.8 Å². The van der Waals surface area contributed by atoms with Gasteiger partial charge in [-0.05, 0) is 19.1 Å². The number of alkyl halides is 3. The van der Waals surface area contributed by atoms with Gasteiger partial charge in [0.2, 0.25) is 0 Å². The van der Waals surface area contributed by atoms with Gasteiger partial charge in [0.1, 0.15) is 6.67 Å². The largest absolute Gasteiger partial charge is 0.353 e. The topological polar surface area (TPSA) is 47.9 Å². The molecular weight excluding hydrogens is 393 g/mol. The second-order valence-electron chi connectivity index (χ2n) is 7.02. The third-order valence-corrected chi connectivity index (χ3v) is 4.63. The summed E-state index contributed by atoms with van der Waals surface area (Å²) in [5.74, 6) is -2.71. The number of allylic oxidation sites excluding steroid dienone is 1. The van der Waals surface area contributed by atoms with Crippen molar-refractivity contribution in [3.8, 4) is 0 Å². The lowest BCUT2D eigenvalue weighted by Gasteiger charge is -2.37. The van der Waals surface area contributed by atoms with E-state index in [1.165, 1.54) is 12.1 Å². The molecule has 0 radical (unpaired) electrons. The van der Waals surface area contributed by atoms with E-state index < -0.39 is 12.6 Å². The van der Waals surface area contributed by atoms with Gasteiger partial charge in [-0.3, -0.25) is 4.79 Å². The first-order chi connectivity index (χ1) is 14.2. The number of nitrogens with zero attached hydrogens (tertiary/aromatic N) is 3. The molecule has 0 saturated carbocycles. The van der Waals surface area contributed by atoms with Gasteiger partial charge in [-0.15, -0.1) is 0 Å². The molecule has 1 aromatic rings. The number of rotatable bonds is 7. The predicted molar refractivity (Wildman–Crippen MR) is 114 cm³/mol. The van der Waals surface area contributed by atoms with Gasteiger partial charge in [0.15, 0.2) is 5.84 Å². The maximum atomic E-state index is 13.4. The van der Waals surface area contributed by atoms with Crippen LogP contribution in [-0.2, 0) is 10.7 Å². The summed E-state index contributed by atoms with van der Waals surface area (Å²) in [5.41, 5.74) is 0.974. The van der Waals surface area contributed by atoms with Crippen molar-refractivity contribution in [3.63, 3.8) is 0 Å². The minimum Gasteiger partial charge on any atom is -0.353 e. The monoisotopic (exact) mass is 420 g/mol. The Balaban J connectivity index is 2.08. The zero-order chi connectivity index (χ0) is 22.3. The molecule has 1 heterocycles. The molecule has 1 saturated heterocycles. The standard InChI is InChI=1S/C22H27F3N4O/c1-5-10-26-20(28-11-13-29(14-12-28)21(30)16(2)15-23)17(3)27-19-8-6-18(7-9-19)22(4,24)25/h5-10,27H,2-3,11-15H2,1,4H3/b10-5-,26-20+. The molecule has 0 spiro atoms. The first kappa shape index (κ1) is 23.3.